The largest absolute Gasteiger partial charge is 0.477 e. The van der Waals surface area contributed by atoms with E-state index in [4.69, 9.17) is 16.3 Å². The maximum Gasteiger partial charge on any atom is 0.347 e. The molecule has 2 N–H and O–H groups in total. The Morgan fingerprint density at radius 1 is 1.35 bits per heavy atom. The topological polar surface area (TPSA) is 108 Å². The number of carbonyl (C=O) groups is 2. The molecule has 1 aliphatic rings. The van der Waals surface area contributed by atoms with E-state index in [0.717, 1.165) is 25.0 Å². The van der Waals surface area contributed by atoms with Gasteiger partial charge in [0.2, 0.25) is 0 Å². The maximum atomic E-state index is 12.8. The first-order chi connectivity index (χ1) is 14.8. The third kappa shape index (κ3) is 5.64. The zero-order chi connectivity index (χ0) is 22.5. The number of carboxylic acids is 1. The summed E-state index contributed by atoms with van der Waals surface area (Å²) in [5.74, 6) is -0.670. The van der Waals surface area contributed by atoms with Gasteiger partial charge in [-0.1, -0.05) is 43.2 Å². The van der Waals surface area contributed by atoms with Gasteiger partial charge in [0.15, 0.2) is 21.9 Å². The van der Waals surface area contributed by atoms with Gasteiger partial charge >= 0.3 is 5.97 Å². The monoisotopic (exact) mass is 468 g/mol. The van der Waals surface area contributed by atoms with Crippen LogP contribution in [0.2, 0.25) is 5.15 Å². The number of carbonyl (C=O) groups excluding carboxylic acids is 1. The molecule has 2 atom stereocenters. The minimum atomic E-state index is -0.957. The minimum Gasteiger partial charge on any atom is -0.477 e. The maximum absolute atomic E-state index is 12.8. The number of nitrogens with zero attached hydrogens (tertiary/aromatic N) is 3. The van der Waals surface area contributed by atoms with Gasteiger partial charge in [-0.15, -0.1) is 0 Å². The number of Topliss-reactive ketones (excluding diaryl/α,β-unsaturated/α-hetero) is 1. The molecule has 0 radical (unpaired) electrons. The number of ether oxygens (including phenoxy) is 1. The molecule has 170 valence electrons. The first kappa shape index (κ1) is 23.7. The van der Waals surface area contributed by atoms with Crippen LogP contribution >= 0.6 is 22.9 Å². The van der Waals surface area contributed by atoms with Crippen LogP contribution in [0.3, 0.4) is 0 Å². The van der Waals surface area contributed by atoms with E-state index in [1.165, 1.54) is 11.3 Å². The van der Waals surface area contributed by atoms with Crippen molar-refractivity contribution in [1.82, 2.24) is 15.0 Å². The lowest BCUT2D eigenvalue weighted by Crippen LogP contribution is -2.46. The molecule has 1 saturated heterocycles. The second-order valence-electron chi connectivity index (χ2n) is 7.81. The summed E-state index contributed by atoms with van der Waals surface area (Å²) in [5, 5.41) is 10.4. The van der Waals surface area contributed by atoms with Crippen LogP contribution in [0.5, 0.6) is 0 Å². The number of unbranched alkanes of at least 4 members (excludes halogenated alkanes) is 1. The SMILES string of the molecule is CCCCO[C@H]1CN(c2nc(C)c(C(=O)O)s2)CC[C@H]1CC(=O)c1nc(Cl)c(CC)[nH]1. The van der Waals surface area contributed by atoms with Gasteiger partial charge in [0.25, 0.3) is 0 Å². The molecule has 2 aromatic rings. The Morgan fingerprint density at radius 3 is 2.74 bits per heavy atom. The molecule has 0 aromatic carbocycles. The molecule has 2 aromatic heterocycles. The third-order valence-electron chi connectivity index (χ3n) is 5.57. The number of thiazole rings is 1. The Labute approximate surface area is 191 Å². The first-order valence-corrected chi connectivity index (χ1v) is 11.9. The van der Waals surface area contributed by atoms with Gasteiger partial charge in [0.05, 0.1) is 17.5 Å². The number of carboxylic acid groups (broad SMARTS) is 1. The first-order valence-electron chi connectivity index (χ1n) is 10.7. The molecule has 10 heteroatoms. The lowest BCUT2D eigenvalue weighted by atomic mass is 9.89. The van der Waals surface area contributed by atoms with Crippen LogP contribution in [-0.2, 0) is 11.2 Å². The standard InChI is InChI=1S/C21H29ClN4O4S/c1-4-6-9-30-16-11-26(21-23-12(3)17(31-21)20(28)29)8-7-13(16)10-15(27)19-24-14(5-2)18(22)25-19/h13,16H,4-11H2,1-3H3,(H,24,25)(H,28,29)/t13-,16-/m0/s1. The Kier molecular flexibility index (Phi) is 8.07. The number of rotatable bonds is 10. The lowest BCUT2D eigenvalue weighted by molar-refractivity contribution is 0.00221. The highest BCUT2D eigenvalue weighted by Crippen LogP contribution is 2.32. The third-order valence-corrected chi connectivity index (χ3v) is 7.09. The van der Waals surface area contributed by atoms with E-state index in [9.17, 15) is 14.7 Å². The van der Waals surface area contributed by atoms with E-state index in [1.54, 1.807) is 6.92 Å². The number of hydrogen-bond donors (Lipinski definition) is 2. The number of aromatic carboxylic acids is 1. The molecule has 0 unspecified atom stereocenters. The molecule has 0 aliphatic carbocycles. The number of aryl methyl sites for hydroxylation is 2. The van der Waals surface area contributed by atoms with E-state index >= 15 is 0 Å². The Balaban J connectivity index is 1.72. The van der Waals surface area contributed by atoms with Crippen LogP contribution in [0.4, 0.5) is 5.13 Å². The molecule has 3 rings (SSSR count). The zero-order valence-electron chi connectivity index (χ0n) is 18.1. The molecule has 8 nitrogen and oxygen atoms in total. The number of aromatic amines is 1. The average molecular weight is 469 g/mol. The van der Waals surface area contributed by atoms with Crippen molar-refractivity contribution >= 4 is 39.8 Å². The second-order valence-corrected chi connectivity index (χ2v) is 9.14. The quantitative estimate of drug-likeness (QED) is 0.393. The van der Waals surface area contributed by atoms with Crippen molar-refractivity contribution in [2.75, 3.05) is 24.6 Å². The van der Waals surface area contributed by atoms with Crippen LogP contribution < -0.4 is 4.90 Å². The highest BCUT2D eigenvalue weighted by Gasteiger charge is 2.34. The van der Waals surface area contributed by atoms with E-state index in [2.05, 4.69) is 26.8 Å². The molecule has 1 fully saturated rings. The van der Waals surface area contributed by atoms with Crippen molar-refractivity contribution in [2.45, 2.75) is 59.0 Å². The van der Waals surface area contributed by atoms with E-state index in [-0.39, 0.29) is 22.7 Å². The number of anilines is 1. The average Bonchev–Trinajstić information content (AvgIpc) is 3.31. The highest BCUT2D eigenvalue weighted by molar-refractivity contribution is 7.17. The summed E-state index contributed by atoms with van der Waals surface area (Å²) in [4.78, 5) is 38.2. The number of piperidine rings is 1. The van der Waals surface area contributed by atoms with Crippen LogP contribution in [-0.4, -0.2) is 57.6 Å². The molecule has 0 bridgehead atoms. The molecular formula is C21H29ClN4O4S. The molecule has 3 heterocycles. The molecule has 31 heavy (non-hydrogen) atoms. The summed E-state index contributed by atoms with van der Waals surface area (Å²) in [6.07, 6.45) is 3.60. The minimum absolute atomic E-state index is 0.0505. The van der Waals surface area contributed by atoms with Crippen LogP contribution in [0.15, 0.2) is 0 Å². The lowest BCUT2D eigenvalue weighted by Gasteiger charge is -2.38. The van der Waals surface area contributed by atoms with Crippen LogP contribution in [0.25, 0.3) is 0 Å². The normalized spacial score (nSPS) is 19.0. The summed E-state index contributed by atoms with van der Waals surface area (Å²) >= 11 is 7.28. The predicted octanol–water partition coefficient (Wildman–Crippen LogP) is 4.37. The van der Waals surface area contributed by atoms with E-state index < -0.39 is 5.97 Å². The van der Waals surface area contributed by atoms with Gasteiger partial charge < -0.3 is 19.7 Å². The van der Waals surface area contributed by atoms with Crippen molar-refractivity contribution < 1.29 is 19.4 Å². The summed E-state index contributed by atoms with van der Waals surface area (Å²) in [6.45, 7) is 7.67. The van der Waals surface area contributed by atoms with Gasteiger partial charge in [0, 0.05) is 26.1 Å². The summed E-state index contributed by atoms with van der Waals surface area (Å²) in [7, 11) is 0. The molecular weight excluding hydrogens is 440 g/mol. The molecule has 0 spiro atoms. The number of ketones is 1. The van der Waals surface area contributed by atoms with Crippen molar-refractivity contribution in [2.24, 2.45) is 5.92 Å². The number of imidazole rings is 1. The summed E-state index contributed by atoms with van der Waals surface area (Å²) in [5.41, 5.74) is 1.29. The Morgan fingerprint density at radius 2 is 2.13 bits per heavy atom. The van der Waals surface area contributed by atoms with Gasteiger partial charge in [-0.3, -0.25) is 4.79 Å². The number of aromatic nitrogens is 3. The number of halogens is 1. The van der Waals surface area contributed by atoms with E-state index in [1.807, 2.05) is 6.92 Å². The van der Waals surface area contributed by atoms with Crippen molar-refractivity contribution in [3.8, 4) is 0 Å². The highest BCUT2D eigenvalue weighted by atomic mass is 35.5. The smallest absolute Gasteiger partial charge is 0.347 e. The summed E-state index contributed by atoms with van der Waals surface area (Å²) < 4.78 is 6.17. The number of H-pyrrole nitrogens is 1. The molecule has 0 amide bonds. The molecule has 0 saturated carbocycles. The number of nitrogens with one attached hydrogen (secondary N) is 1. The van der Waals surface area contributed by atoms with Crippen LogP contribution in [0.1, 0.15) is 71.2 Å². The predicted molar refractivity (Wildman–Crippen MR) is 121 cm³/mol. The number of hydrogen-bond acceptors (Lipinski definition) is 7. The second kappa shape index (κ2) is 10.6. The van der Waals surface area contributed by atoms with Gasteiger partial charge in [0.1, 0.15) is 4.88 Å². The zero-order valence-corrected chi connectivity index (χ0v) is 19.7. The fourth-order valence-electron chi connectivity index (χ4n) is 3.75. The van der Waals surface area contributed by atoms with Gasteiger partial charge in [-0.25, -0.2) is 14.8 Å². The molecule has 1 aliphatic heterocycles. The van der Waals surface area contributed by atoms with Crippen molar-refractivity contribution in [3.05, 3.63) is 27.2 Å². The Hall–Kier alpha value is -1.97. The Bertz CT molecular complexity index is 929. The van der Waals surface area contributed by atoms with Gasteiger partial charge in [-0.05, 0) is 32.1 Å². The van der Waals surface area contributed by atoms with Crippen molar-refractivity contribution in [3.63, 3.8) is 0 Å². The van der Waals surface area contributed by atoms with Crippen LogP contribution in [0, 0.1) is 12.8 Å². The van der Waals surface area contributed by atoms with Crippen molar-refractivity contribution in [1.29, 1.82) is 0 Å². The fraction of sp³-hybridized carbons (Fsp3) is 0.619. The van der Waals surface area contributed by atoms with Gasteiger partial charge in [-0.2, -0.15) is 0 Å². The summed E-state index contributed by atoms with van der Waals surface area (Å²) in [6, 6.07) is 0. The van der Waals surface area contributed by atoms with E-state index in [0.29, 0.717) is 54.3 Å². The fourth-order valence-corrected chi connectivity index (χ4v) is 4.95.